The lowest BCUT2D eigenvalue weighted by atomic mass is 9.35. The van der Waals surface area contributed by atoms with Crippen LogP contribution in [0.1, 0.15) is 65.2 Å². The highest BCUT2D eigenvalue weighted by molar-refractivity contribution is 5.69. The number of rotatable bonds is 4. The molecule has 4 rings (SSSR count). The van der Waals surface area contributed by atoms with E-state index in [1.54, 1.807) is 0 Å². The van der Waals surface area contributed by atoms with Crippen LogP contribution in [0.2, 0.25) is 0 Å². The minimum atomic E-state index is -0.732. The highest BCUT2D eigenvalue weighted by Crippen LogP contribution is 2.75. The van der Waals surface area contributed by atoms with Gasteiger partial charge in [0.1, 0.15) is 0 Å². The minimum absolute atomic E-state index is 0.133. The molecule has 112 valence electrons. The van der Waals surface area contributed by atoms with E-state index >= 15 is 0 Å². The molecule has 0 amide bonds. The van der Waals surface area contributed by atoms with Crippen molar-refractivity contribution in [3.05, 3.63) is 0 Å². The van der Waals surface area contributed by atoms with E-state index in [4.69, 9.17) is 0 Å². The molecule has 0 aliphatic heterocycles. The van der Waals surface area contributed by atoms with Crippen molar-refractivity contribution in [1.29, 1.82) is 0 Å². The molecule has 2 N–H and O–H groups in total. The number of carboxylic acid groups (broad SMARTS) is 2. The van der Waals surface area contributed by atoms with Gasteiger partial charge in [0.15, 0.2) is 0 Å². The molecule has 0 saturated heterocycles. The molecular weight excluding hydrogens is 256 g/mol. The quantitative estimate of drug-likeness (QED) is 0.828. The van der Waals surface area contributed by atoms with Crippen LogP contribution >= 0.6 is 0 Å². The summed E-state index contributed by atoms with van der Waals surface area (Å²) in [5.41, 5.74) is -0.0676. The van der Waals surface area contributed by atoms with Crippen molar-refractivity contribution in [1.82, 2.24) is 0 Å². The Morgan fingerprint density at radius 3 is 1.40 bits per heavy atom. The van der Waals surface area contributed by atoms with Crippen molar-refractivity contribution in [3.63, 3.8) is 0 Å². The second-order valence-corrected chi connectivity index (χ2v) is 8.82. The van der Waals surface area contributed by atoms with E-state index < -0.39 is 11.9 Å². The molecule has 0 unspecified atom stereocenters. The van der Waals surface area contributed by atoms with Gasteiger partial charge in [0.2, 0.25) is 0 Å². The Balaban J connectivity index is 2.00. The SMILES string of the molecule is CC12CC3(C)CC(CC(=O)O)(C1)CC(CC(=O)O)(C2)C3. The monoisotopic (exact) mass is 280 g/mol. The fourth-order valence-corrected chi connectivity index (χ4v) is 7.21. The highest BCUT2D eigenvalue weighted by Gasteiger charge is 2.65. The van der Waals surface area contributed by atoms with Gasteiger partial charge in [-0.2, -0.15) is 0 Å². The Kier molecular flexibility index (Phi) is 2.62. The third kappa shape index (κ3) is 2.13. The second-order valence-electron chi connectivity index (χ2n) is 8.82. The molecule has 4 fully saturated rings. The summed E-state index contributed by atoms with van der Waals surface area (Å²) in [6, 6.07) is 0. The third-order valence-electron chi connectivity index (χ3n) is 5.86. The van der Waals surface area contributed by atoms with Crippen LogP contribution in [-0.2, 0) is 9.59 Å². The van der Waals surface area contributed by atoms with Crippen molar-refractivity contribution in [2.24, 2.45) is 21.7 Å². The first-order valence-corrected chi connectivity index (χ1v) is 7.51. The van der Waals surface area contributed by atoms with E-state index in [-0.39, 0.29) is 34.5 Å². The summed E-state index contributed by atoms with van der Waals surface area (Å²) in [5.74, 6) is -1.46. The maximum absolute atomic E-state index is 11.3. The predicted molar refractivity (Wildman–Crippen MR) is 73.3 cm³/mol. The Morgan fingerprint density at radius 2 is 1.10 bits per heavy atom. The van der Waals surface area contributed by atoms with Crippen LogP contribution in [0.25, 0.3) is 0 Å². The summed E-state index contributed by atoms with van der Waals surface area (Å²) in [6.45, 7) is 4.49. The number of aliphatic carboxylic acids is 2. The van der Waals surface area contributed by atoms with Gasteiger partial charge in [-0.25, -0.2) is 0 Å². The summed E-state index contributed by atoms with van der Waals surface area (Å²) in [4.78, 5) is 22.6. The maximum atomic E-state index is 11.3. The van der Waals surface area contributed by atoms with Crippen LogP contribution in [0.3, 0.4) is 0 Å². The van der Waals surface area contributed by atoms with E-state index in [0.29, 0.717) is 0 Å². The van der Waals surface area contributed by atoms with Crippen LogP contribution in [-0.4, -0.2) is 22.2 Å². The lowest BCUT2D eigenvalue weighted by Gasteiger charge is -2.69. The zero-order chi connectivity index (χ0) is 14.8. The van der Waals surface area contributed by atoms with E-state index in [0.717, 1.165) is 38.5 Å². The fraction of sp³-hybridized carbons (Fsp3) is 0.875. The molecule has 0 spiro atoms. The van der Waals surface area contributed by atoms with Crippen molar-refractivity contribution in [2.45, 2.75) is 65.2 Å². The molecule has 0 aromatic rings. The molecule has 0 radical (unpaired) electrons. The second kappa shape index (κ2) is 3.77. The summed E-state index contributed by atoms with van der Waals surface area (Å²) < 4.78 is 0. The van der Waals surface area contributed by atoms with Crippen LogP contribution in [0.5, 0.6) is 0 Å². The summed E-state index contributed by atoms with van der Waals surface area (Å²) in [5, 5.41) is 18.6. The van der Waals surface area contributed by atoms with Gasteiger partial charge in [-0.05, 0) is 60.2 Å². The molecule has 20 heavy (non-hydrogen) atoms. The molecule has 4 aliphatic carbocycles. The van der Waals surface area contributed by atoms with Gasteiger partial charge in [-0.1, -0.05) is 13.8 Å². The zero-order valence-corrected chi connectivity index (χ0v) is 12.4. The molecular formula is C16H24O4. The van der Waals surface area contributed by atoms with Crippen molar-refractivity contribution >= 4 is 11.9 Å². The summed E-state index contributed by atoms with van der Waals surface area (Å²) in [6.07, 6.45) is 6.19. The number of hydrogen-bond acceptors (Lipinski definition) is 2. The van der Waals surface area contributed by atoms with Gasteiger partial charge >= 0.3 is 11.9 Å². The molecule has 4 bridgehead atoms. The Morgan fingerprint density at radius 1 is 0.750 bits per heavy atom. The first-order chi connectivity index (χ1) is 9.08. The Bertz CT molecular complexity index is 425. The normalized spacial score (nSPS) is 49.3. The van der Waals surface area contributed by atoms with E-state index in [1.165, 1.54) is 0 Å². The fourth-order valence-electron chi connectivity index (χ4n) is 7.21. The van der Waals surface area contributed by atoms with Crippen LogP contribution in [0, 0.1) is 21.7 Å². The molecule has 0 aromatic carbocycles. The van der Waals surface area contributed by atoms with E-state index in [9.17, 15) is 19.8 Å². The van der Waals surface area contributed by atoms with E-state index in [1.807, 2.05) is 0 Å². The molecule has 4 heteroatoms. The zero-order valence-electron chi connectivity index (χ0n) is 12.4. The maximum Gasteiger partial charge on any atom is 0.303 e. The number of hydrogen-bond donors (Lipinski definition) is 2. The van der Waals surface area contributed by atoms with Gasteiger partial charge < -0.3 is 10.2 Å². The van der Waals surface area contributed by atoms with Gasteiger partial charge in [-0.3, -0.25) is 9.59 Å². The largest absolute Gasteiger partial charge is 0.481 e. The van der Waals surface area contributed by atoms with Gasteiger partial charge in [0.25, 0.3) is 0 Å². The number of carbonyl (C=O) groups is 2. The minimum Gasteiger partial charge on any atom is -0.481 e. The summed E-state index contributed by atoms with van der Waals surface area (Å²) in [7, 11) is 0. The van der Waals surface area contributed by atoms with Gasteiger partial charge in [-0.15, -0.1) is 0 Å². The molecule has 0 heterocycles. The smallest absolute Gasteiger partial charge is 0.303 e. The predicted octanol–water partition coefficient (Wildman–Crippen LogP) is 3.30. The van der Waals surface area contributed by atoms with Crippen molar-refractivity contribution < 1.29 is 19.8 Å². The standard InChI is InChI=1S/C16H24O4/c1-13-5-14(2)8-15(6-13,3-11(17)18)10-16(7-13,9-14)4-12(19)20/h3-10H2,1-2H3,(H,17,18)(H,19,20). The Hall–Kier alpha value is -1.06. The van der Waals surface area contributed by atoms with Crippen molar-refractivity contribution in [3.8, 4) is 0 Å². The van der Waals surface area contributed by atoms with Crippen LogP contribution < -0.4 is 0 Å². The van der Waals surface area contributed by atoms with Gasteiger partial charge in [0.05, 0.1) is 12.8 Å². The number of carboxylic acids is 2. The van der Waals surface area contributed by atoms with Gasteiger partial charge in [0, 0.05) is 0 Å². The first kappa shape index (κ1) is 13.9. The topological polar surface area (TPSA) is 74.6 Å². The van der Waals surface area contributed by atoms with Crippen LogP contribution in [0.4, 0.5) is 0 Å². The molecule has 0 atom stereocenters. The average Bonchev–Trinajstić information content (AvgIpc) is 2.03. The first-order valence-electron chi connectivity index (χ1n) is 7.51. The van der Waals surface area contributed by atoms with E-state index in [2.05, 4.69) is 13.8 Å². The average molecular weight is 280 g/mol. The summed E-state index contributed by atoms with van der Waals surface area (Å²) >= 11 is 0. The molecule has 4 nitrogen and oxygen atoms in total. The molecule has 4 saturated carbocycles. The highest BCUT2D eigenvalue weighted by atomic mass is 16.4. The lowest BCUT2D eigenvalue weighted by Crippen LogP contribution is -2.60. The lowest BCUT2D eigenvalue weighted by molar-refractivity contribution is -0.201. The molecule has 4 aliphatic rings. The Labute approximate surface area is 119 Å². The van der Waals surface area contributed by atoms with Crippen molar-refractivity contribution in [2.75, 3.05) is 0 Å². The van der Waals surface area contributed by atoms with Crippen LogP contribution in [0.15, 0.2) is 0 Å². The molecule has 0 aromatic heterocycles. The third-order valence-corrected chi connectivity index (χ3v) is 5.86.